The van der Waals surface area contributed by atoms with Gasteiger partial charge >= 0.3 is 0 Å². The first-order valence-corrected chi connectivity index (χ1v) is 9.95. The number of halogens is 1. The van der Waals surface area contributed by atoms with E-state index in [1.54, 1.807) is 0 Å². The zero-order valence-electron chi connectivity index (χ0n) is 16.9. The smallest absolute Gasteiger partial charge is 0.275 e. The highest BCUT2D eigenvalue weighted by atomic mass is 19.1. The van der Waals surface area contributed by atoms with Crippen LogP contribution >= 0.6 is 0 Å². The highest BCUT2D eigenvalue weighted by Gasteiger charge is 2.35. The molecule has 2 aromatic carbocycles. The molecular formula is C23H24FN3O2. The summed E-state index contributed by atoms with van der Waals surface area (Å²) in [7, 11) is 4.08. The van der Waals surface area contributed by atoms with Crippen molar-refractivity contribution in [1.29, 1.82) is 0 Å². The van der Waals surface area contributed by atoms with E-state index >= 15 is 0 Å². The van der Waals surface area contributed by atoms with E-state index in [2.05, 4.69) is 48.6 Å². The summed E-state index contributed by atoms with van der Waals surface area (Å²) in [4.78, 5) is 20.1. The van der Waals surface area contributed by atoms with Crippen molar-refractivity contribution < 1.29 is 14.0 Å². The van der Waals surface area contributed by atoms with E-state index in [0.29, 0.717) is 11.1 Å². The summed E-state index contributed by atoms with van der Waals surface area (Å²) in [6.45, 7) is 3.64. The number of carbonyl (C=O) groups is 1. The summed E-state index contributed by atoms with van der Waals surface area (Å²) in [6, 6.07) is 11.4. The first kappa shape index (κ1) is 18.3. The molecule has 0 saturated carbocycles. The van der Waals surface area contributed by atoms with Gasteiger partial charge in [0.05, 0.1) is 16.8 Å². The molecule has 1 N–H and O–H groups in total. The van der Waals surface area contributed by atoms with Gasteiger partial charge in [-0.3, -0.25) is 14.5 Å². The second kappa shape index (κ2) is 6.40. The predicted octanol–water partition coefficient (Wildman–Crippen LogP) is 4.10. The minimum absolute atomic E-state index is 0.0545. The van der Waals surface area contributed by atoms with Gasteiger partial charge in [0.1, 0.15) is 12.4 Å². The Hall–Kier alpha value is -2.70. The lowest BCUT2D eigenvalue weighted by molar-refractivity contribution is 0.0255. The van der Waals surface area contributed by atoms with E-state index < -0.39 is 11.7 Å². The summed E-state index contributed by atoms with van der Waals surface area (Å²) in [5, 5.41) is 0.755. The van der Waals surface area contributed by atoms with Gasteiger partial charge in [-0.15, -0.1) is 0 Å². The third kappa shape index (κ3) is 2.63. The molecule has 1 atom stereocenters. The zero-order valence-corrected chi connectivity index (χ0v) is 16.9. The highest BCUT2D eigenvalue weighted by Crippen LogP contribution is 2.40. The van der Waals surface area contributed by atoms with Crippen molar-refractivity contribution in [2.24, 2.45) is 7.05 Å². The third-order valence-electron chi connectivity index (χ3n) is 6.77. The molecule has 1 fully saturated rings. The molecule has 0 bridgehead atoms. The summed E-state index contributed by atoms with van der Waals surface area (Å²) < 4.78 is 16.2. The molecule has 5 rings (SSSR count). The lowest BCUT2D eigenvalue weighted by Gasteiger charge is -2.33. The van der Waals surface area contributed by atoms with Crippen LogP contribution in [0, 0.1) is 5.82 Å². The number of rotatable bonds is 2. The molecule has 0 spiro atoms. The van der Waals surface area contributed by atoms with Crippen LogP contribution in [0.2, 0.25) is 0 Å². The number of carbonyl (C=O) groups excluding carboxylic acids is 1. The van der Waals surface area contributed by atoms with Crippen LogP contribution in [0.4, 0.5) is 4.39 Å². The minimum Gasteiger partial charge on any atom is -0.343 e. The quantitative estimate of drug-likeness (QED) is 0.713. The lowest BCUT2D eigenvalue weighted by Crippen LogP contribution is -2.35. The van der Waals surface area contributed by atoms with Gasteiger partial charge in [-0.25, -0.2) is 9.87 Å². The SMILES string of the molecule is CN1CCCC1(C)c1ccc(-c2c3c4c(cc(F)cc4n2C)C(=O)NOC3)cc1. The average molecular weight is 393 g/mol. The molecule has 29 heavy (non-hydrogen) atoms. The van der Waals surface area contributed by atoms with Gasteiger partial charge in [-0.2, -0.15) is 0 Å². The number of aryl methyl sites for hydroxylation is 1. The Morgan fingerprint density at radius 2 is 1.93 bits per heavy atom. The Labute approximate surface area is 169 Å². The number of hydrogen-bond donors (Lipinski definition) is 1. The van der Waals surface area contributed by atoms with E-state index in [0.717, 1.165) is 35.2 Å². The van der Waals surface area contributed by atoms with Crippen LogP contribution in [-0.2, 0) is 24.0 Å². The van der Waals surface area contributed by atoms with E-state index in [4.69, 9.17) is 4.84 Å². The normalized spacial score (nSPS) is 22.1. The summed E-state index contributed by atoms with van der Waals surface area (Å²) in [6.07, 6.45) is 2.35. The van der Waals surface area contributed by atoms with Crippen LogP contribution in [0.15, 0.2) is 36.4 Å². The van der Waals surface area contributed by atoms with Crippen LogP contribution in [0.5, 0.6) is 0 Å². The molecule has 2 aliphatic heterocycles. The molecule has 1 amide bonds. The first-order chi connectivity index (χ1) is 13.9. The van der Waals surface area contributed by atoms with Gasteiger partial charge < -0.3 is 4.57 Å². The second-order valence-corrected chi connectivity index (χ2v) is 8.33. The fraction of sp³-hybridized carbons (Fsp3) is 0.348. The molecule has 1 aromatic heterocycles. The fourth-order valence-electron chi connectivity index (χ4n) is 4.98. The number of hydroxylamine groups is 1. The summed E-state index contributed by atoms with van der Waals surface area (Å²) >= 11 is 0. The van der Waals surface area contributed by atoms with E-state index in [-0.39, 0.29) is 12.1 Å². The van der Waals surface area contributed by atoms with Crippen molar-refractivity contribution in [1.82, 2.24) is 14.9 Å². The molecule has 2 aliphatic rings. The fourth-order valence-corrected chi connectivity index (χ4v) is 4.98. The number of amides is 1. The van der Waals surface area contributed by atoms with Gasteiger partial charge in [0.2, 0.25) is 0 Å². The van der Waals surface area contributed by atoms with Crippen LogP contribution in [-0.4, -0.2) is 29.0 Å². The molecular weight excluding hydrogens is 369 g/mol. The number of hydrogen-bond acceptors (Lipinski definition) is 3. The van der Waals surface area contributed by atoms with Gasteiger partial charge in [0, 0.05) is 23.5 Å². The summed E-state index contributed by atoms with van der Waals surface area (Å²) in [5.41, 5.74) is 7.62. The van der Waals surface area contributed by atoms with Crippen molar-refractivity contribution in [3.8, 4) is 11.3 Å². The van der Waals surface area contributed by atoms with Gasteiger partial charge in [0.15, 0.2) is 0 Å². The largest absolute Gasteiger partial charge is 0.343 e. The van der Waals surface area contributed by atoms with Crippen molar-refractivity contribution >= 4 is 16.8 Å². The molecule has 6 heteroatoms. The molecule has 3 heterocycles. The second-order valence-electron chi connectivity index (χ2n) is 8.33. The van der Waals surface area contributed by atoms with Crippen LogP contribution in [0.3, 0.4) is 0 Å². The standard InChI is InChI=1S/C23H24FN3O2/c1-23(9-4-10-26(23)2)15-7-5-14(6-8-15)21-18-13-29-25-22(28)17-11-16(24)12-19(20(17)18)27(21)3/h5-8,11-12H,4,9-10,13H2,1-3H3,(H,25,28). The number of nitrogens with zero attached hydrogens (tertiary/aromatic N) is 2. The van der Waals surface area contributed by atoms with Gasteiger partial charge in [-0.1, -0.05) is 24.3 Å². The lowest BCUT2D eigenvalue weighted by atomic mass is 9.88. The number of aromatic nitrogens is 1. The Morgan fingerprint density at radius 3 is 2.62 bits per heavy atom. The minimum atomic E-state index is -0.434. The van der Waals surface area contributed by atoms with E-state index in [1.807, 2.05) is 11.6 Å². The molecule has 0 aliphatic carbocycles. The molecule has 5 nitrogen and oxygen atoms in total. The maximum absolute atomic E-state index is 14.2. The van der Waals surface area contributed by atoms with Crippen molar-refractivity contribution in [2.45, 2.75) is 31.9 Å². The molecule has 150 valence electrons. The highest BCUT2D eigenvalue weighted by molar-refractivity contribution is 6.09. The molecule has 1 saturated heterocycles. The molecule has 3 aromatic rings. The van der Waals surface area contributed by atoms with Gasteiger partial charge in [-0.05, 0) is 56.6 Å². The maximum Gasteiger partial charge on any atom is 0.275 e. The van der Waals surface area contributed by atoms with Crippen molar-refractivity contribution in [2.75, 3.05) is 13.6 Å². The van der Waals surface area contributed by atoms with E-state index in [1.165, 1.54) is 24.1 Å². The zero-order chi connectivity index (χ0) is 20.3. The monoisotopic (exact) mass is 393 g/mol. The Bertz CT molecular complexity index is 1140. The van der Waals surface area contributed by atoms with Crippen molar-refractivity contribution in [3.05, 3.63) is 58.9 Å². The molecule has 1 unspecified atom stereocenters. The topological polar surface area (TPSA) is 46.5 Å². The molecule has 0 radical (unpaired) electrons. The number of nitrogens with one attached hydrogen (secondary N) is 1. The van der Waals surface area contributed by atoms with Crippen LogP contribution < -0.4 is 5.48 Å². The van der Waals surface area contributed by atoms with E-state index in [9.17, 15) is 9.18 Å². The van der Waals surface area contributed by atoms with Crippen LogP contribution in [0.1, 0.15) is 41.3 Å². The predicted molar refractivity (Wildman–Crippen MR) is 110 cm³/mol. The average Bonchev–Trinajstić information content (AvgIpc) is 3.12. The Morgan fingerprint density at radius 1 is 1.17 bits per heavy atom. The van der Waals surface area contributed by atoms with Gasteiger partial charge in [0.25, 0.3) is 5.91 Å². The Kier molecular flexibility index (Phi) is 4.05. The third-order valence-corrected chi connectivity index (χ3v) is 6.77. The number of likely N-dealkylation sites (tertiary alicyclic amines) is 1. The number of benzene rings is 2. The summed E-state index contributed by atoms with van der Waals surface area (Å²) in [5.74, 6) is -0.853. The first-order valence-electron chi connectivity index (χ1n) is 9.95. The Balaban J connectivity index is 1.68. The van der Waals surface area contributed by atoms with Crippen molar-refractivity contribution in [3.63, 3.8) is 0 Å². The maximum atomic E-state index is 14.2. The van der Waals surface area contributed by atoms with Crippen LogP contribution in [0.25, 0.3) is 22.2 Å².